The number of halogens is 2. The molecule has 20 heavy (non-hydrogen) atoms. The van der Waals surface area contributed by atoms with Gasteiger partial charge < -0.3 is 15.5 Å². The third-order valence-corrected chi connectivity index (χ3v) is 3.35. The van der Waals surface area contributed by atoms with Crippen LogP contribution in [-0.4, -0.2) is 16.1 Å². The molecule has 4 nitrogen and oxygen atoms in total. The first-order valence-corrected chi connectivity index (χ1v) is 6.47. The van der Waals surface area contributed by atoms with Crippen molar-refractivity contribution in [1.29, 1.82) is 0 Å². The Labute approximate surface area is 123 Å². The van der Waals surface area contributed by atoms with Gasteiger partial charge in [-0.05, 0) is 52.7 Å². The van der Waals surface area contributed by atoms with Crippen molar-refractivity contribution < 1.29 is 19.4 Å². The van der Waals surface area contributed by atoms with Gasteiger partial charge in [-0.15, -0.1) is 0 Å². The summed E-state index contributed by atoms with van der Waals surface area (Å²) in [5.74, 6) is -1.45. The largest absolute Gasteiger partial charge is 0.508 e. The molecule has 3 N–H and O–H groups in total. The highest BCUT2D eigenvalue weighted by Crippen LogP contribution is 2.27. The van der Waals surface area contributed by atoms with Gasteiger partial charge in [0.15, 0.2) is 0 Å². The number of carbonyl (C=O) groups excluding carboxylic acids is 1. The van der Waals surface area contributed by atoms with Crippen LogP contribution in [0.3, 0.4) is 0 Å². The number of aryl methyl sites for hydroxylation is 1. The lowest BCUT2D eigenvalue weighted by Crippen LogP contribution is -2.13. The van der Waals surface area contributed by atoms with Crippen molar-refractivity contribution in [3.05, 3.63) is 51.7 Å². The van der Waals surface area contributed by atoms with E-state index < -0.39 is 11.7 Å². The number of benzene rings is 2. The van der Waals surface area contributed by atoms with Gasteiger partial charge >= 0.3 is 0 Å². The van der Waals surface area contributed by atoms with Crippen LogP contribution in [0.15, 0.2) is 34.8 Å². The molecule has 0 aliphatic rings. The van der Waals surface area contributed by atoms with Crippen LogP contribution in [0, 0.1) is 12.7 Å². The summed E-state index contributed by atoms with van der Waals surface area (Å²) in [6.07, 6.45) is 0. The fourth-order valence-electron chi connectivity index (χ4n) is 1.68. The summed E-state index contributed by atoms with van der Waals surface area (Å²) in [4.78, 5) is 12.0. The molecular formula is C14H11BrFNO3. The van der Waals surface area contributed by atoms with Gasteiger partial charge in [0.2, 0.25) is 0 Å². The van der Waals surface area contributed by atoms with Gasteiger partial charge in [-0.1, -0.05) is 0 Å². The van der Waals surface area contributed by atoms with Gasteiger partial charge in [0.05, 0.1) is 10.0 Å². The maximum absolute atomic E-state index is 13.3. The summed E-state index contributed by atoms with van der Waals surface area (Å²) in [5, 5.41) is 21.4. The van der Waals surface area contributed by atoms with E-state index in [1.807, 2.05) is 0 Å². The van der Waals surface area contributed by atoms with Gasteiger partial charge in [-0.2, -0.15) is 0 Å². The first kappa shape index (κ1) is 14.3. The van der Waals surface area contributed by atoms with Gasteiger partial charge in [0.25, 0.3) is 5.91 Å². The Morgan fingerprint density at radius 3 is 2.60 bits per heavy atom. The van der Waals surface area contributed by atoms with Crippen molar-refractivity contribution in [2.75, 3.05) is 5.32 Å². The quantitative estimate of drug-likeness (QED) is 0.783. The maximum atomic E-state index is 13.3. The topological polar surface area (TPSA) is 69.6 Å². The Morgan fingerprint density at radius 1 is 1.25 bits per heavy atom. The van der Waals surface area contributed by atoms with E-state index in [2.05, 4.69) is 21.2 Å². The lowest BCUT2D eigenvalue weighted by atomic mass is 10.1. The molecule has 2 rings (SSSR count). The van der Waals surface area contributed by atoms with Crippen LogP contribution < -0.4 is 5.32 Å². The Balaban J connectivity index is 2.30. The molecule has 1 amide bonds. The number of carbonyl (C=O) groups is 1. The molecule has 0 spiro atoms. The number of hydrogen-bond acceptors (Lipinski definition) is 3. The number of phenols is 2. The van der Waals surface area contributed by atoms with Crippen molar-refractivity contribution in [2.24, 2.45) is 0 Å². The van der Waals surface area contributed by atoms with Gasteiger partial charge in [-0.3, -0.25) is 4.79 Å². The molecule has 0 aromatic heterocycles. The van der Waals surface area contributed by atoms with E-state index in [9.17, 15) is 19.4 Å². The Kier molecular flexibility index (Phi) is 3.94. The van der Waals surface area contributed by atoms with Crippen molar-refractivity contribution in [1.82, 2.24) is 0 Å². The second kappa shape index (κ2) is 5.50. The van der Waals surface area contributed by atoms with Crippen molar-refractivity contribution in [3.8, 4) is 11.5 Å². The highest BCUT2D eigenvalue weighted by molar-refractivity contribution is 9.10. The fraction of sp³-hybridized carbons (Fsp3) is 0.0714. The summed E-state index contributed by atoms with van der Waals surface area (Å²) >= 11 is 3.04. The number of amides is 1. The SMILES string of the molecule is Cc1cc(F)c(Br)cc1NC(=O)c1ccc(O)cc1O. The summed E-state index contributed by atoms with van der Waals surface area (Å²) in [5.41, 5.74) is 0.996. The second-order valence-corrected chi connectivity index (χ2v) is 5.09. The van der Waals surface area contributed by atoms with Crippen LogP contribution in [0.1, 0.15) is 15.9 Å². The molecule has 2 aromatic carbocycles. The van der Waals surface area contributed by atoms with E-state index in [1.54, 1.807) is 6.92 Å². The predicted molar refractivity (Wildman–Crippen MR) is 76.6 cm³/mol. The molecule has 2 aromatic rings. The smallest absolute Gasteiger partial charge is 0.259 e. The molecule has 104 valence electrons. The highest BCUT2D eigenvalue weighted by Gasteiger charge is 2.14. The third-order valence-electron chi connectivity index (χ3n) is 2.74. The standard InChI is InChI=1S/C14H11BrFNO3/c1-7-4-11(16)10(15)6-12(7)17-14(20)9-3-2-8(18)5-13(9)19/h2-6,18-19H,1H3,(H,17,20). The van der Waals surface area contributed by atoms with E-state index >= 15 is 0 Å². The van der Waals surface area contributed by atoms with Crippen molar-refractivity contribution in [2.45, 2.75) is 6.92 Å². The molecule has 0 unspecified atom stereocenters. The lowest BCUT2D eigenvalue weighted by Gasteiger charge is -2.10. The van der Waals surface area contributed by atoms with Crippen LogP contribution in [0.4, 0.5) is 10.1 Å². The van der Waals surface area contributed by atoms with E-state index in [1.165, 1.54) is 24.3 Å². The Morgan fingerprint density at radius 2 is 1.95 bits per heavy atom. The molecule has 6 heteroatoms. The van der Waals surface area contributed by atoms with E-state index in [-0.39, 0.29) is 21.5 Å². The molecule has 0 heterocycles. The number of rotatable bonds is 2. The number of nitrogens with one attached hydrogen (secondary N) is 1. The van der Waals surface area contributed by atoms with Crippen LogP contribution in [0.5, 0.6) is 11.5 Å². The average molecular weight is 340 g/mol. The van der Waals surface area contributed by atoms with E-state index in [0.29, 0.717) is 11.3 Å². The first-order valence-electron chi connectivity index (χ1n) is 5.67. The summed E-state index contributed by atoms with van der Waals surface area (Å²) in [7, 11) is 0. The molecule has 0 fully saturated rings. The lowest BCUT2D eigenvalue weighted by molar-refractivity contribution is 0.102. The first-order chi connectivity index (χ1) is 9.38. The van der Waals surface area contributed by atoms with E-state index in [4.69, 9.17) is 0 Å². The van der Waals surface area contributed by atoms with Crippen LogP contribution in [0.25, 0.3) is 0 Å². The molecule has 0 radical (unpaired) electrons. The van der Waals surface area contributed by atoms with Crippen molar-refractivity contribution >= 4 is 27.5 Å². The average Bonchev–Trinajstić information content (AvgIpc) is 2.35. The molecule has 0 atom stereocenters. The van der Waals surface area contributed by atoms with Crippen molar-refractivity contribution in [3.63, 3.8) is 0 Å². The molecular weight excluding hydrogens is 329 g/mol. The maximum Gasteiger partial charge on any atom is 0.259 e. The monoisotopic (exact) mass is 339 g/mol. The van der Waals surface area contributed by atoms with Gasteiger partial charge in [0.1, 0.15) is 17.3 Å². The summed E-state index contributed by atoms with van der Waals surface area (Å²) in [6, 6.07) is 6.40. The second-order valence-electron chi connectivity index (χ2n) is 4.24. The van der Waals surface area contributed by atoms with Gasteiger partial charge in [0, 0.05) is 11.8 Å². The summed E-state index contributed by atoms with van der Waals surface area (Å²) in [6.45, 7) is 1.65. The zero-order valence-electron chi connectivity index (χ0n) is 10.4. The highest BCUT2D eigenvalue weighted by atomic mass is 79.9. The Hall–Kier alpha value is -2.08. The minimum atomic E-state index is -0.552. The normalized spacial score (nSPS) is 10.3. The molecule has 0 saturated carbocycles. The predicted octanol–water partition coefficient (Wildman–Crippen LogP) is 3.56. The molecule has 0 saturated heterocycles. The minimum Gasteiger partial charge on any atom is -0.508 e. The number of hydrogen-bond donors (Lipinski definition) is 3. The van der Waals surface area contributed by atoms with Crippen LogP contribution in [-0.2, 0) is 0 Å². The number of phenolic OH excluding ortho intramolecular Hbond substituents is 2. The number of aromatic hydroxyl groups is 2. The molecule has 0 aliphatic heterocycles. The fourth-order valence-corrected chi connectivity index (χ4v) is 2.03. The zero-order valence-corrected chi connectivity index (χ0v) is 12.0. The van der Waals surface area contributed by atoms with Crippen LogP contribution >= 0.6 is 15.9 Å². The van der Waals surface area contributed by atoms with Crippen LogP contribution in [0.2, 0.25) is 0 Å². The Bertz CT molecular complexity index is 688. The summed E-state index contributed by atoms with van der Waals surface area (Å²) < 4.78 is 13.5. The zero-order chi connectivity index (χ0) is 14.9. The molecule has 0 aliphatic carbocycles. The molecule has 0 bridgehead atoms. The third kappa shape index (κ3) is 2.91. The van der Waals surface area contributed by atoms with Gasteiger partial charge in [-0.25, -0.2) is 4.39 Å². The minimum absolute atomic E-state index is 0.0163. The van der Waals surface area contributed by atoms with E-state index in [0.717, 1.165) is 6.07 Å². The number of anilines is 1.